The third kappa shape index (κ3) is 6.52. The van der Waals surface area contributed by atoms with E-state index in [1.165, 1.54) is 32.9 Å². The average Bonchev–Trinajstić information content (AvgIpc) is 2.73. The molecule has 2 aromatic carbocycles. The number of esters is 1. The van der Waals surface area contributed by atoms with Gasteiger partial charge in [-0.3, -0.25) is 19.7 Å². The van der Waals surface area contributed by atoms with Gasteiger partial charge in [0.2, 0.25) is 15.8 Å². The number of halogens is 2. The number of hydrogen-bond acceptors (Lipinski definition) is 7. The van der Waals surface area contributed by atoms with Gasteiger partial charge in [0.1, 0.15) is 16.8 Å². The molecule has 2 atom stereocenters. The fourth-order valence-corrected chi connectivity index (χ4v) is 4.04. The molecule has 0 aromatic heterocycles. The van der Waals surface area contributed by atoms with Gasteiger partial charge in [0.15, 0.2) is 6.10 Å². The topological polar surface area (TPSA) is 145 Å². The molecule has 0 aliphatic rings. The SMILES string of the molecule is CC(OC(=O)[C@@H](NS(=O)(=O)c1ccccc1F)C(C)C)C(=O)Nc1ccc(F)c([N+](=O)[O-])c1. The number of sulfonamides is 1. The highest BCUT2D eigenvalue weighted by Gasteiger charge is 2.33. The van der Waals surface area contributed by atoms with Crippen molar-refractivity contribution in [2.45, 2.75) is 37.8 Å². The molecule has 0 spiro atoms. The summed E-state index contributed by atoms with van der Waals surface area (Å²) in [7, 11) is -4.43. The number of rotatable bonds is 9. The monoisotopic (exact) mass is 485 g/mol. The van der Waals surface area contributed by atoms with Gasteiger partial charge >= 0.3 is 11.7 Å². The second-order valence-electron chi connectivity index (χ2n) is 7.27. The van der Waals surface area contributed by atoms with Crippen LogP contribution in [0.25, 0.3) is 0 Å². The van der Waals surface area contributed by atoms with Gasteiger partial charge < -0.3 is 10.1 Å². The lowest BCUT2D eigenvalue weighted by molar-refractivity contribution is -0.387. The first kappa shape index (κ1) is 25.8. The predicted octanol–water partition coefficient (Wildman–Crippen LogP) is 2.75. The van der Waals surface area contributed by atoms with E-state index in [0.29, 0.717) is 0 Å². The number of benzene rings is 2. The summed E-state index contributed by atoms with van der Waals surface area (Å²) in [4.78, 5) is 34.1. The van der Waals surface area contributed by atoms with E-state index in [2.05, 4.69) is 10.0 Å². The highest BCUT2D eigenvalue weighted by atomic mass is 32.2. The summed E-state index contributed by atoms with van der Waals surface area (Å²) in [5.74, 6) is -4.74. The number of nitrogens with zero attached hydrogens (tertiary/aromatic N) is 1. The zero-order valence-electron chi connectivity index (χ0n) is 17.7. The van der Waals surface area contributed by atoms with Gasteiger partial charge in [-0.15, -0.1) is 0 Å². The smallest absolute Gasteiger partial charge is 0.325 e. The zero-order valence-corrected chi connectivity index (χ0v) is 18.6. The second kappa shape index (κ2) is 10.4. The summed E-state index contributed by atoms with van der Waals surface area (Å²) in [6, 6.07) is 5.80. The molecule has 0 saturated heterocycles. The highest BCUT2D eigenvalue weighted by Crippen LogP contribution is 2.22. The lowest BCUT2D eigenvalue weighted by Gasteiger charge is -2.23. The summed E-state index contributed by atoms with van der Waals surface area (Å²) < 4.78 is 59.5. The molecule has 0 heterocycles. The summed E-state index contributed by atoms with van der Waals surface area (Å²) in [5, 5.41) is 13.1. The van der Waals surface area contributed by atoms with Crippen molar-refractivity contribution in [3.8, 4) is 0 Å². The summed E-state index contributed by atoms with van der Waals surface area (Å²) in [5.41, 5.74) is -0.975. The Hall–Kier alpha value is -3.45. The molecule has 178 valence electrons. The maximum Gasteiger partial charge on any atom is 0.325 e. The van der Waals surface area contributed by atoms with Gasteiger partial charge in [0.25, 0.3) is 5.91 Å². The van der Waals surface area contributed by atoms with E-state index >= 15 is 0 Å². The quantitative estimate of drug-likeness (QED) is 0.316. The van der Waals surface area contributed by atoms with Crippen LogP contribution >= 0.6 is 0 Å². The van der Waals surface area contributed by atoms with Crippen molar-refractivity contribution in [2.24, 2.45) is 5.92 Å². The molecule has 0 fully saturated rings. The molecular formula is C20H21F2N3O7S. The minimum Gasteiger partial charge on any atom is -0.451 e. The normalized spacial score (nSPS) is 13.3. The van der Waals surface area contributed by atoms with Crippen LogP contribution in [0.3, 0.4) is 0 Å². The Morgan fingerprint density at radius 3 is 2.27 bits per heavy atom. The summed E-state index contributed by atoms with van der Waals surface area (Å²) in [6.07, 6.45) is -1.44. The Balaban J connectivity index is 2.12. The molecule has 0 bridgehead atoms. The van der Waals surface area contributed by atoms with Crippen LogP contribution in [0.15, 0.2) is 47.4 Å². The van der Waals surface area contributed by atoms with Crippen LogP contribution < -0.4 is 10.0 Å². The Labute approximate surface area is 188 Å². The van der Waals surface area contributed by atoms with E-state index in [9.17, 15) is 36.9 Å². The number of amides is 1. The molecule has 1 amide bonds. The Morgan fingerprint density at radius 1 is 1.06 bits per heavy atom. The first-order valence-corrected chi connectivity index (χ1v) is 11.0. The van der Waals surface area contributed by atoms with Crippen molar-refractivity contribution in [1.29, 1.82) is 0 Å². The standard InChI is InChI=1S/C20H21F2N3O7S/c1-11(2)18(24-33(30,31)17-7-5-4-6-15(17)22)20(27)32-12(3)19(26)23-13-8-9-14(21)16(10-13)25(28)29/h4-12,18,24H,1-3H3,(H,23,26)/t12?,18-/m0/s1. The maximum atomic E-state index is 13.9. The van der Waals surface area contributed by atoms with E-state index in [4.69, 9.17) is 4.74 Å². The average molecular weight is 485 g/mol. The number of ether oxygens (including phenoxy) is 1. The van der Waals surface area contributed by atoms with E-state index < -0.39 is 67.1 Å². The molecule has 10 nitrogen and oxygen atoms in total. The maximum absolute atomic E-state index is 13.9. The van der Waals surface area contributed by atoms with Crippen LogP contribution in [0.1, 0.15) is 20.8 Å². The summed E-state index contributed by atoms with van der Waals surface area (Å²) >= 11 is 0. The Morgan fingerprint density at radius 2 is 1.70 bits per heavy atom. The molecule has 2 N–H and O–H groups in total. The van der Waals surface area contributed by atoms with Gasteiger partial charge in [-0.1, -0.05) is 26.0 Å². The van der Waals surface area contributed by atoms with E-state index in [1.807, 2.05) is 0 Å². The van der Waals surface area contributed by atoms with Crippen LogP contribution in [0, 0.1) is 27.7 Å². The van der Waals surface area contributed by atoms with Crippen molar-refractivity contribution in [3.63, 3.8) is 0 Å². The lowest BCUT2D eigenvalue weighted by Crippen LogP contribution is -2.47. The third-order valence-corrected chi connectivity index (χ3v) is 5.88. The lowest BCUT2D eigenvalue weighted by atomic mass is 10.1. The van der Waals surface area contributed by atoms with E-state index in [0.717, 1.165) is 30.3 Å². The number of nitro groups is 1. The van der Waals surface area contributed by atoms with Crippen molar-refractivity contribution in [2.75, 3.05) is 5.32 Å². The molecule has 1 unspecified atom stereocenters. The minimum atomic E-state index is -4.43. The van der Waals surface area contributed by atoms with Crippen molar-refractivity contribution in [3.05, 3.63) is 64.2 Å². The van der Waals surface area contributed by atoms with Gasteiger partial charge in [-0.2, -0.15) is 9.11 Å². The molecule has 2 aromatic rings. The van der Waals surface area contributed by atoms with Crippen LogP contribution in [-0.4, -0.2) is 37.4 Å². The zero-order chi connectivity index (χ0) is 24.9. The van der Waals surface area contributed by atoms with Gasteiger partial charge in [-0.05, 0) is 37.1 Å². The van der Waals surface area contributed by atoms with Gasteiger partial charge in [0, 0.05) is 11.8 Å². The Kier molecular flexibility index (Phi) is 8.17. The number of nitrogens with one attached hydrogen (secondary N) is 2. The molecule has 13 heteroatoms. The summed E-state index contributed by atoms with van der Waals surface area (Å²) in [6.45, 7) is 4.21. The van der Waals surface area contributed by atoms with Gasteiger partial charge in [-0.25, -0.2) is 12.8 Å². The second-order valence-corrected chi connectivity index (χ2v) is 8.95. The van der Waals surface area contributed by atoms with Crippen LogP contribution in [0.5, 0.6) is 0 Å². The first-order valence-electron chi connectivity index (χ1n) is 9.55. The first-order chi connectivity index (χ1) is 15.3. The van der Waals surface area contributed by atoms with Crippen molar-refractivity contribution in [1.82, 2.24) is 4.72 Å². The van der Waals surface area contributed by atoms with Crippen molar-refractivity contribution >= 4 is 33.3 Å². The van der Waals surface area contributed by atoms with Gasteiger partial charge in [0.05, 0.1) is 4.92 Å². The fraction of sp³-hybridized carbons (Fsp3) is 0.300. The number of hydrogen-bond donors (Lipinski definition) is 2. The molecule has 0 saturated carbocycles. The number of carbonyl (C=O) groups is 2. The van der Waals surface area contributed by atoms with E-state index in [-0.39, 0.29) is 5.69 Å². The van der Waals surface area contributed by atoms with Crippen molar-refractivity contribution < 1.29 is 36.4 Å². The third-order valence-electron chi connectivity index (χ3n) is 4.40. The molecule has 0 radical (unpaired) electrons. The molecular weight excluding hydrogens is 464 g/mol. The fourth-order valence-electron chi connectivity index (χ4n) is 2.62. The molecule has 0 aliphatic heterocycles. The predicted molar refractivity (Wildman–Crippen MR) is 113 cm³/mol. The Bertz CT molecular complexity index is 1170. The number of nitro benzene ring substituents is 1. The highest BCUT2D eigenvalue weighted by molar-refractivity contribution is 7.89. The van der Waals surface area contributed by atoms with Crippen LogP contribution in [0.4, 0.5) is 20.2 Å². The minimum absolute atomic E-state index is 0.114. The van der Waals surface area contributed by atoms with Crippen LogP contribution in [0.2, 0.25) is 0 Å². The van der Waals surface area contributed by atoms with E-state index in [1.54, 1.807) is 0 Å². The number of anilines is 1. The van der Waals surface area contributed by atoms with Crippen LogP contribution in [-0.2, 0) is 24.3 Å². The number of carbonyl (C=O) groups excluding carboxylic acids is 2. The molecule has 0 aliphatic carbocycles. The largest absolute Gasteiger partial charge is 0.451 e. The molecule has 2 rings (SSSR count). The molecule has 33 heavy (non-hydrogen) atoms.